The summed E-state index contributed by atoms with van der Waals surface area (Å²) >= 11 is 0. The molecule has 7 heteroatoms. The third kappa shape index (κ3) is 5.96. The van der Waals surface area contributed by atoms with Crippen LogP contribution in [0.25, 0.3) is 0 Å². The van der Waals surface area contributed by atoms with Crippen LogP contribution in [0.5, 0.6) is 0 Å². The van der Waals surface area contributed by atoms with Crippen LogP contribution in [0.3, 0.4) is 0 Å². The monoisotopic (exact) mass is 347 g/mol. The number of rotatable bonds is 6. The SMILES string of the molecule is Cc1ccc(F)cc1NC(=O)CN(C)CC(=O)Nc1cccc(F)c1. The lowest BCUT2D eigenvalue weighted by Gasteiger charge is -2.16. The maximum Gasteiger partial charge on any atom is 0.238 e. The summed E-state index contributed by atoms with van der Waals surface area (Å²) in [6.45, 7) is 1.66. The Morgan fingerprint density at radius 2 is 1.60 bits per heavy atom. The van der Waals surface area contributed by atoms with Crippen molar-refractivity contribution in [2.45, 2.75) is 6.92 Å². The zero-order chi connectivity index (χ0) is 18.4. The number of nitrogens with zero attached hydrogens (tertiary/aromatic N) is 1. The number of anilines is 2. The molecule has 0 aliphatic heterocycles. The van der Waals surface area contributed by atoms with Crippen LogP contribution in [0, 0.1) is 18.6 Å². The van der Waals surface area contributed by atoms with Crippen LogP contribution in [0.4, 0.5) is 20.2 Å². The maximum absolute atomic E-state index is 13.2. The molecule has 25 heavy (non-hydrogen) atoms. The molecular formula is C18H19F2N3O2. The van der Waals surface area contributed by atoms with E-state index in [0.717, 1.165) is 5.56 Å². The van der Waals surface area contributed by atoms with Crippen LogP contribution in [-0.4, -0.2) is 36.9 Å². The molecule has 0 unspecified atom stereocenters. The number of halogens is 2. The van der Waals surface area contributed by atoms with Crippen molar-refractivity contribution in [2.24, 2.45) is 0 Å². The Kier molecular flexibility index (Phi) is 6.19. The summed E-state index contributed by atoms with van der Waals surface area (Å²) in [4.78, 5) is 25.4. The van der Waals surface area contributed by atoms with Gasteiger partial charge in [0.2, 0.25) is 11.8 Å². The van der Waals surface area contributed by atoms with Crippen LogP contribution in [0.2, 0.25) is 0 Å². The van der Waals surface area contributed by atoms with Crippen LogP contribution >= 0.6 is 0 Å². The molecule has 0 aromatic heterocycles. The van der Waals surface area contributed by atoms with Crippen LogP contribution in [0.15, 0.2) is 42.5 Å². The number of hydrogen-bond acceptors (Lipinski definition) is 3. The second-order valence-corrected chi connectivity index (χ2v) is 5.74. The molecule has 0 saturated heterocycles. The Bertz CT molecular complexity index is 781. The molecule has 2 rings (SSSR count). The lowest BCUT2D eigenvalue weighted by molar-refractivity contribution is -0.119. The molecule has 0 spiro atoms. The van der Waals surface area contributed by atoms with E-state index in [1.807, 2.05) is 0 Å². The van der Waals surface area contributed by atoms with Crippen LogP contribution < -0.4 is 10.6 Å². The largest absolute Gasteiger partial charge is 0.325 e. The molecule has 0 aliphatic carbocycles. The van der Waals surface area contributed by atoms with Crippen molar-refractivity contribution < 1.29 is 18.4 Å². The summed E-state index contributed by atoms with van der Waals surface area (Å²) in [5, 5.41) is 5.16. The van der Waals surface area contributed by atoms with Gasteiger partial charge in [-0.2, -0.15) is 0 Å². The van der Waals surface area contributed by atoms with E-state index in [2.05, 4.69) is 10.6 Å². The first-order valence-corrected chi connectivity index (χ1v) is 7.63. The minimum atomic E-state index is -0.448. The molecule has 2 N–H and O–H groups in total. The molecule has 0 fully saturated rings. The standard InChI is InChI=1S/C18H19F2N3O2/c1-12-6-7-14(20)9-16(12)22-18(25)11-23(2)10-17(24)21-15-5-3-4-13(19)8-15/h3-9H,10-11H2,1-2H3,(H,21,24)(H,22,25). The van der Waals surface area contributed by atoms with Gasteiger partial charge in [-0.1, -0.05) is 12.1 Å². The number of aryl methyl sites for hydroxylation is 1. The smallest absolute Gasteiger partial charge is 0.238 e. The maximum atomic E-state index is 13.2. The van der Waals surface area contributed by atoms with Gasteiger partial charge in [0.1, 0.15) is 11.6 Å². The fourth-order valence-corrected chi connectivity index (χ4v) is 2.23. The number of nitrogens with one attached hydrogen (secondary N) is 2. The lowest BCUT2D eigenvalue weighted by atomic mass is 10.2. The Morgan fingerprint density at radius 1 is 0.960 bits per heavy atom. The highest BCUT2D eigenvalue weighted by atomic mass is 19.1. The molecular weight excluding hydrogens is 328 g/mol. The van der Waals surface area contributed by atoms with Gasteiger partial charge in [0.15, 0.2) is 0 Å². The first-order valence-electron chi connectivity index (χ1n) is 7.63. The average molecular weight is 347 g/mol. The zero-order valence-corrected chi connectivity index (χ0v) is 14.0. The van der Waals surface area contributed by atoms with E-state index in [1.54, 1.807) is 26.1 Å². The normalized spacial score (nSPS) is 10.6. The van der Waals surface area contributed by atoms with E-state index in [0.29, 0.717) is 11.4 Å². The third-order valence-electron chi connectivity index (χ3n) is 3.41. The molecule has 0 atom stereocenters. The fraction of sp³-hybridized carbons (Fsp3) is 0.222. The summed E-state index contributed by atoms with van der Waals surface area (Å²) in [6, 6.07) is 9.67. The van der Waals surface area contributed by atoms with E-state index in [4.69, 9.17) is 0 Å². The molecule has 0 heterocycles. The Labute approximate surface area is 144 Å². The molecule has 2 aromatic rings. The Morgan fingerprint density at radius 3 is 2.28 bits per heavy atom. The predicted molar refractivity (Wildman–Crippen MR) is 92.3 cm³/mol. The van der Waals surface area contributed by atoms with Crippen molar-refractivity contribution in [1.82, 2.24) is 4.90 Å². The molecule has 0 saturated carbocycles. The van der Waals surface area contributed by atoms with E-state index in [-0.39, 0.29) is 24.9 Å². The fourth-order valence-electron chi connectivity index (χ4n) is 2.23. The summed E-state index contributed by atoms with van der Waals surface area (Å²) in [7, 11) is 1.60. The summed E-state index contributed by atoms with van der Waals surface area (Å²) in [6.07, 6.45) is 0. The van der Waals surface area contributed by atoms with Crippen molar-refractivity contribution >= 4 is 23.2 Å². The number of likely N-dealkylation sites (N-methyl/N-ethyl adjacent to an activating group) is 1. The van der Waals surface area contributed by atoms with E-state index in [1.165, 1.54) is 35.2 Å². The van der Waals surface area contributed by atoms with E-state index >= 15 is 0 Å². The van der Waals surface area contributed by atoms with Gasteiger partial charge in [0.25, 0.3) is 0 Å². The van der Waals surface area contributed by atoms with Gasteiger partial charge >= 0.3 is 0 Å². The topological polar surface area (TPSA) is 61.4 Å². The van der Waals surface area contributed by atoms with Gasteiger partial charge < -0.3 is 10.6 Å². The molecule has 0 bridgehead atoms. The van der Waals surface area contributed by atoms with Crippen molar-refractivity contribution in [1.29, 1.82) is 0 Å². The summed E-state index contributed by atoms with van der Waals surface area (Å²) in [5.74, 6) is -1.63. The molecule has 2 aromatic carbocycles. The Hall–Kier alpha value is -2.80. The second kappa shape index (κ2) is 8.34. The molecule has 5 nitrogen and oxygen atoms in total. The lowest BCUT2D eigenvalue weighted by Crippen LogP contribution is -2.36. The van der Waals surface area contributed by atoms with Crippen molar-refractivity contribution in [3.8, 4) is 0 Å². The minimum absolute atomic E-state index is 0.0491. The second-order valence-electron chi connectivity index (χ2n) is 5.74. The van der Waals surface area contributed by atoms with Gasteiger partial charge in [-0.05, 0) is 49.9 Å². The molecule has 132 valence electrons. The minimum Gasteiger partial charge on any atom is -0.325 e. The number of carbonyl (C=O) groups excluding carboxylic acids is 2. The highest BCUT2D eigenvalue weighted by molar-refractivity contribution is 5.95. The number of benzene rings is 2. The van der Waals surface area contributed by atoms with Crippen LogP contribution in [-0.2, 0) is 9.59 Å². The van der Waals surface area contributed by atoms with Gasteiger partial charge in [-0.25, -0.2) is 8.78 Å². The number of carbonyl (C=O) groups is 2. The number of hydrogen-bond donors (Lipinski definition) is 2. The molecule has 2 amide bonds. The van der Waals surface area contributed by atoms with Crippen molar-refractivity contribution in [3.63, 3.8) is 0 Å². The van der Waals surface area contributed by atoms with Gasteiger partial charge in [-0.15, -0.1) is 0 Å². The van der Waals surface area contributed by atoms with Crippen molar-refractivity contribution in [2.75, 3.05) is 30.8 Å². The van der Waals surface area contributed by atoms with E-state index < -0.39 is 11.6 Å². The van der Waals surface area contributed by atoms with Gasteiger partial charge in [-0.3, -0.25) is 14.5 Å². The van der Waals surface area contributed by atoms with Crippen molar-refractivity contribution in [3.05, 3.63) is 59.7 Å². The quantitative estimate of drug-likeness (QED) is 0.845. The molecule has 0 aliphatic rings. The Balaban J connectivity index is 1.84. The predicted octanol–water partition coefficient (Wildman–Crippen LogP) is 2.78. The summed E-state index contributed by atoms with van der Waals surface area (Å²) in [5.41, 5.74) is 1.47. The zero-order valence-electron chi connectivity index (χ0n) is 14.0. The highest BCUT2D eigenvalue weighted by Crippen LogP contribution is 2.15. The highest BCUT2D eigenvalue weighted by Gasteiger charge is 2.12. The summed E-state index contributed by atoms with van der Waals surface area (Å²) < 4.78 is 26.3. The third-order valence-corrected chi connectivity index (χ3v) is 3.41. The first-order chi connectivity index (χ1) is 11.8. The van der Waals surface area contributed by atoms with E-state index in [9.17, 15) is 18.4 Å². The van der Waals surface area contributed by atoms with Gasteiger partial charge in [0, 0.05) is 11.4 Å². The van der Waals surface area contributed by atoms with Crippen LogP contribution in [0.1, 0.15) is 5.56 Å². The number of amides is 2. The average Bonchev–Trinajstić information content (AvgIpc) is 2.50. The first kappa shape index (κ1) is 18.5. The molecule has 0 radical (unpaired) electrons. The van der Waals surface area contributed by atoms with Gasteiger partial charge in [0.05, 0.1) is 13.1 Å².